The molecule has 11 heteroatoms. The second-order valence-electron chi connectivity index (χ2n) is 13.1. The molecule has 3 aliphatic heterocycles. The number of unbranched alkanes of at least 4 members (excludes halogenated alkanes) is 1. The van der Waals surface area contributed by atoms with E-state index in [1.807, 2.05) is 60.7 Å². The predicted octanol–water partition coefficient (Wildman–Crippen LogP) is 4.48. The molecule has 262 valence electrons. The third-order valence-corrected chi connectivity index (χ3v) is 10.6. The van der Waals surface area contributed by atoms with Gasteiger partial charge >= 0.3 is 5.97 Å². The molecule has 0 saturated carbocycles. The molecule has 0 aromatic heterocycles. The Morgan fingerprint density at radius 3 is 2.47 bits per heavy atom. The minimum absolute atomic E-state index is 0.0496. The van der Waals surface area contributed by atoms with E-state index in [1.165, 1.54) is 0 Å². The van der Waals surface area contributed by atoms with Crippen molar-refractivity contribution in [3.63, 3.8) is 0 Å². The number of esters is 1. The van der Waals surface area contributed by atoms with Crippen LogP contribution < -0.4 is 5.32 Å². The highest BCUT2D eigenvalue weighted by Crippen LogP contribution is 2.60. The fraction of sp³-hybridized carbons (Fsp3) is 0.474. The SMILES string of the molecule is C=CCCC(=O)N[C@H](C)[C@@H](OC(=O)[C@@H]1[C@H]2O[C@@]3(CC2Br)[C@H](C(=O)N(CC=C)Cc2ccccc2)N(CCCCO)C(=O)[C@@H]13)c1ccccc1. The Morgan fingerprint density at radius 2 is 1.82 bits per heavy atom. The van der Waals surface area contributed by atoms with Crippen LogP contribution in [0.2, 0.25) is 0 Å². The van der Waals surface area contributed by atoms with Crippen LogP contribution in [0.15, 0.2) is 86.0 Å². The van der Waals surface area contributed by atoms with Crippen molar-refractivity contribution in [2.75, 3.05) is 19.7 Å². The number of ether oxygens (including phenoxy) is 2. The molecule has 3 amide bonds. The third kappa shape index (κ3) is 7.54. The lowest BCUT2D eigenvalue weighted by Crippen LogP contribution is -2.56. The van der Waals surface area contributed by atoms with Crippen LogP contribution >= 0.6 is 15.9 Å². The van der Waals surface area contributed by atoms with Crippen molar-refractivity contribution in [2.24, 2.45) is 11.8 Å². The van der Waals surface area contributed by atoms with Crippen LogP contribution in [0.25, 0.3) is 0 Å². The normalized spacial score (nSPS) is 26.5. The maximum atomic E-state index is 14.6. The Kier molecular flexibility index (Phi) is 12.1. The highest BCUT2D eigenvalue weighted by atomic mass is 79.9. The number of nitrogens with zero attached hydrogens (tertiary/aromatic N) is 2. The molecule has 2 aromatic carbocycles. The highest BCUT2D eigenvalue weighted by Gasteiger charge is 2.77. The smallest absolute Gasteiger partial charge is 0.313 e. The fourth-order valence-corrected chi connectivity index (χ4v) is 8.56. The third-order valence-electron chi connectivity index (χ3n) is 9.77. The molecule has 0 radical (unpaired) electrons. The maximum Gasteiger partial charge on any atom is 0.313 e. The number of hydrogen-bond donors (Lipinski definition) is 2. The van der Waals surface area contributed by atoms with Gasteiger partial charge in [-0.3, -0.25) is 19.2 Å². The largest absolute Gasteiger partial charge is 0.455 e. The summed E-state index contributed by atoms with van der Waals surface area (Å²) in [5, 5.41) is 12.5. The molecule has 3 heterocycles. The van der Waals surface area contributed by atoms with Crippen LogP contribution in [-0.2, 0) is 35.2 Å². The Bertz CT molecular complexity index is 1510. The zero-order valence-corrected chi connectivity index (χ0v) is 29.5. The summed E-state index contributed by atoms with van der Waals surface area (Å²) in [4.78, 5) is 59.1. The van der Waals surface area contributed by atoms with Crippen LogP contribution in [0.3, 0.4) is 0 Å². The highest BCUT2D eigenvalue weighted by molar-refractivity contribution is 9.09. The number of likely N-dealkylation sites (tertiary alicyclic amines) is 1. The number of rotatable bonds is 17. The number of allylic oxidation sites excluding steroid dienone is 1. The first-order valence-corrected chi connectivity index (χ1v) is 17.9. The van der Waals surface area contributed by atoms with Crippen molar-refractivity contribution in [1.82, 2.24) is 15.1 Å². The number of hydrogen-bond acceptors (Lipinski definition) is 7. The fourth-order valence-electron chi connectivity index (χ4n) is 7.62. The van der Waals surface area contributed by atoms with E-state index in [4.69, 9.17) is 9.47 Å². The van der Waals surface area contributed by atoms with E-state index in [-0.39, 0.29) is 48.7 Å². The molecule has 8 atom stereocenters. The van der Waals surface area contributed by atoms with Crippen molar-refractivity contribution in [3.05, 3.63) is 97.1 Å². The van der Waals surface area contributed by atoms with Gasteiger partial charge in [-0.05, 0) is 43.7 Å². The molecule has 49 heavy (non-hydrogen) atoms. The van der Waals surface area contributed by atoms with Gasteiger partial charge in [-0.15, -0.1) is 13.2 Å². The topological polar surface area (TPSA) is 125 Å². The number of nitrogens with one attached hydrogen (secondary N) is 1. The average molecular weight is 737 g/mol. The Hall–Kier alpha value is -3.80. The minimum atomic E-state index is -1.27. The van der Waals surface area contributed by atoms with Gasteiger partial charge in [0.25, 0.3) is 0 Å². The molecule has 3 fully saturated rings. The summed E-state index contributed by atoms with van der Waals surface area (Å²) in [6.45, 7) is 10.1. The van der Waals surface area contributed by atoms with Crippen molar-refractivity contribution in [3.8, 4) is 0 Å². The van der Waals surface area contributed by atoms with Crippen LogP contribution in [-0.4, -0.2) is 86.9 Å². The van der Waals surface area contributed by atoms with E-state index >= 15 is 0 Å². The number of benzene rings is 2. The number of aliphatic hydroxyl groups excluding tert-OH is 1. The first-order valence-electron chi connectivity index (χ1n) is 17.0. The minimum Gasteiger partial charge on any atom is -0.455 e. The van der Waals surface area contributed by atoms with E-state index in [1.54, 1.807) is 28.9 Å². The quantitative estimate of drug-likeness (QED) is 0.106. The van der Waals surface area contributed by atoms with Gasteiger partial charge in [-0.25, -0.2) is 0 Å². The van der Waals surface area contributed by atoms with Crippen molar-refractivity contribution in [1.29, 1.82) is 0 Å². The molecule has 3 aliphatic rings. The van der Waals surface area contributed by atoms with Crippen LogP contribution in [0.1, 0.15) is 56.3 Å². The van der Waals surface area contributed by atoms with Gasteiger partial charge < -0.3 is 29.7 Å². The lowest BCUT2D eigenvalue weighted by Gasteiger charge is -2.37. The predicted molar refractivity (Wildman–Crippen MR) is 188 cm³/mol. The number of carbonyl (C=O) groups is 4. The van der Waals surface area contributed by atoms with Gasteiger partial charge in [0, 0.05) is 37.5 Å². The summed E-state index contributed by atoms with van der Waals surface area (Å²) in [6, 6.07) is 17.2. The molecule has 2 aromatic rings. The number of carbonyl (C=O) groups excluding carboxylic acids is 4. The lowest BCUT2D eigenvalue weighted by molar-refractivity contribution is -0.162. The lowest BCUT2D eigenvalue weighted by atomic mass is 9.70. The molecular formula is C38H46BrN3O7. The number of alkyl halides is 1. The summed E-state index contributed by atoms with van der Waals surface area (Å²) >= 11 is 3.73. The van der Waals surface area contributed by atoms with E-state index in [0.29, 0.717) is 37.8 Å². The molecule has 1 unspecified atom stereocenters. The van der Waals surface area contributed by atoms with Crippen molar-refractivity contribution in [2.45, 2.75) is 80.3 Å². The van der Waals surface area contributed by atoms with Gasteiger partial charge in [0.2, 0.25) is 17.7 Å². The summed E-state index contributed by atoms with van der Waals surface area (Å²) < 4.78 is 12.9. The van der Waals surface area contributed by atoms with Crippen LogP contribution in [0.5, 0.6) is 0 Å². The second kappa shape index (κ2) is 16.3. The Labute approximate surface area is 296 Å². The zero-order valence-electron chi connectivity index (χ0n) is 27.9. The number of fused-ring (bicyclic) bond motifs is 1. The van der Waals surface area contributed by atoms with Crippen molar-refractivity contribution < 1.29 is 33.8 Å². The summed E-state index contributed by atoms with van der Waals surface area (Å²) in [7, 11) is 0. The molecule has 5 rings (SSSR count). The van der Waals surface area contributed by atoms with E-state index in [9.17, 15) is 24.3 Å². The van der Waals surface area contributed by atoms with Crippen LogP contribution in [0, 0.1) is 11.8 Å². The van der Waals surface area contributed by atoms with Gasteiger partial charge in [0.05, 0.1) is 24.0 Å². The van der Waals surface area contributed by atoms with Gasteiger partial charge in [0.1, 0.15) is 17.7 Å². The number of halogens is 1. The molecule has 2 bridgehead atoms. The number of amides is 3. The van der Waals surface area contributed by atoms with Gasteiger partial charge in [-0.1, -0.05) is 88.7 Å². The van der Waals surface area contributed by atoms with Gasteiger partial charge in [-0.2, -0.15) is 0 Å². The molecule has 1 spiro atoms. The monoisotopic (exact) mass is 735 g/mol. The molecule has 10 nitrogen and oxygen atoms in total. The van der Waals surface area contributed by atoms with Gasteiger partial charge in [0.15, 0.2) is 0 Å². The van der Waals surface area contributed by atoms with E-state index in [0.717, 1.165) is 5.56 Å². The van der Waals surface area contributed by atoms with E-state index < -0.39 is 47.7 Å². The summed E-state index contributed by atoms with van der Waals surface area (Å²) in [5.74, 6) is -3.36. The van der Waals surface area contributed by atoms with Crippen LogP contribution in [0.4, 0.5) is 0 Å². The Balaban J connectivity index is 1.47. The number of aliphatic hydroxyl groups is 1. The molecule has 3 saturated heterocycles. The molecule has 0 aliphatic carbocycles. The second-order valence-corrected chi connectivity index (χ2v) is 14.2. The van der Waals surface area contributed by atoms with Crippen molar-refractivity contribution >= 4 is 39.6 Å². The summed E-state index contributed by atoms with van der Waals surface area (Å²) in [5.41, 5.74) is 0.356. The Morgan fingerprint density at radius 1 is 1.12 bits per heavy atom. The average Bonchev–Trinajstić information content (AvgIpc) is 3.69. The molecule has 2 N–H and O–H groups in total. The maximum absolute atomic E-state index is 14.6. The first kappa shape index (κ1) is 36.5. The van der Waals surface area contributed by atoms with E-state index in [2.05, 4.69) is 34.4 Å². The standard InChI is InChI=1S/C38H46BrN3O7/c1-4-6-19-29(44)40-25(3)32(27-17-11-8-12-18-27)48-37(47)30-31-35(45)42(21-13-14-22-43)34(38(31)23-28(39)33(30)49-38)36(46)41(20-5-2)24-26-15-9-7-10-16-26/h4-5,7-12,15-18,25,28,30-34,43H,1-2,6,13-14,19-24H2,3H3,(H,40,44)/t25-,28?,30+,31-,32-,33+,34+,38-/m1/s1. The zero-order chi connectivity index (χ0) is 35.1. The summed E-state index contributed by atoms with van der Waals surface area (Å²) in [6.07, 6.45) is 3.83. The molecular weight excluding hydrogens is 690 g/mol. The first-order chi connectivity index (χ1) is 23.7.